The second-order valence-corrected chi connectivity index (χ2v) is 5.18. The lowest BCUT2D eigenvalue weighted by molar-refractivity contribution is 0.0842. The monoisotopic (exact) mass is 232 g/mol. The van der Waals surface area contributed by atoms with Crippen LogP contribution in [-0.2, 0) is 0 Å². The van der Waals surface area contributed by atoms with Crippen LogP contribution < -0.4 is 5.32 Å². The zero-order valence-electron chi connectivity index (χ0n) is 10.0. The molecule has 2 aliphatic rings. The Morgan fingerprint density at radius 2 is 1.87 bits per heavy atom. The van der Waals surface area contributed by atoms with E-state index >= 15 is 0 Å². The summed E-state index contributed by atoms with van der Waals surface area (Å²) in [6.07, 6.45) is 5.80. The average Bonchev–Trinajstić information content (AvgIpc) is 2.18. The Balaban J connectivity index is 0.00000112. The molecule has 1 aliphatic carbocycles. The van der Waals surface area contributed by atoms with Crippen molar-refractivity contribution in [2.24, 2.45) is 5.92 Å². The van der Waals surface area contributed by atoms with E-state index in [0.717, 1.165) is 12.0 Å². The summed E-state index contributed by atoms with van der Waals surface area (Å²) in [6.45, 7) is 8.45. The van der Waals surface area contributed by atoms with Crippen LogP contribution in [0.1, 0.15) is 39.5 Å². The van der Waals surface area contributed by atoms with E-state index in [2.05, 4.69) is 24.1 Å². The molecule has 1 saturated heterocycles. The molecule has 0 bridgehead atoms. The minimum atomic E-state index is 0. The highest BCUT2D eigenvalue weighted by Crippen LogP contribution is 2.28. The fourth-order valence-electron chi connectivity index (χ4n) is 3.10. The van der Waals surface area contributed by atoms with Gasteiger partial charge in [-0.2, -0.15) is 0 Å². The molecule has 3 heteroatoms. The molecule has 1 saturated carbocycles. The molecular formula is C12H25ClN2. The van der Waals surface area contributed by atoms with Crippen molar-refractivity contribution in [1.29, 1.82) is 0 Å². The number of rotatable bonds is 1. The van der Waals surface area contributed by atoms with Crippen molar-refractivity contribution in [2.45, 2.75) is 51.6 Å². The number of nitrogens with one attached hydrogen (secondary N) is 1. The van der Waals surface area contributed by atoms with E-state index < -0.39 is 0 Å². The molecule has 0 aromatic carbocycles. The van der Waals surface area contributed by atoms with E-state index in [1.54, 1.807) is 0 Å². The maximum Gasteiger partial charge on any atom is 0.0167 e. The minimum Gasteiger partial charge on any atom is -0.312 e. The van der Waals surface area contributed by atoms with Gasteiger partial charge in [-0.05, 0) is 25.7 Å². The minimum absolute atomic E-state index is 0. The van der Waals surface area contributed by atoms with Crippen LogP contribution in [0.25, 0.3) is 0 Å². The molecular weight excluding hydrogens is 208 g/mol. The van der Waals surface area contributed by atoms with Crippen LogP contribution in [0.2, 0.25) is 0 Å². The Morgan fingerprint density at radius 1 is 1.13 bits per heavy atom. The standard InChI is InChI=1S/C12H24N2.ClH/c1-10-5-3-4-6-12(10)14-8-7-13-11(2)9-14;/h10-13H,3-9H2,1-2H3;1H/t10?,11-,12?;/m0./s1. The first kappa shape index (κ1) is 13.3. The van der Waals surface area contributed by atoms with Crippen LogP contribution in [-0.4, -0.2) is 36.6 Å². The fraction of sp³-hybridized carbons (Fsp3) is 1.00. The van der Waals surface area contributed by atoms with E-state index in [0.29, 0.717) is 6.04 Å². The van der Waals surface area contributed by atoms with Crippen LogP contribution in [0.5, 0.6) is 0 Å². The summed E-state index contributed by atoms with van der Waals surface area (Å²) in [7, 11) is 0. The molecule has 2 nitrogen and oxygen atoms in total. The molecule has 1 aliphatic heterocycles. The Labute approximate surface area is 100 Å². The largest absolute Gasteiger partial charge is 0.312 e. The molecule has 0 aromatic heterocycles. The maximum absolute atomic E-state index is 3.52. The second kappa shape index (κ2) is 6.07. The second-order valence-electron chi connectivity index (χ2n) is 5.18. The van der Waals surface area contributed by atoms with Crippen molar-refractivity contribution in [2.75, 3.05) is 19.6 Å². The van der Waals surface area contributed by atoms with Gasteiger partial charge < -0.3 is 5.32 Å². The lowest BCUT2D eigenvalue weighted by Gasteiger charge is -2.42. The summed E-state index contributed by atoms with van der Waals surface area (Å²) < 4.78 is 0. The van der Waals surface area contributed by atoms with Crippen LogP contribution in [0.15, 0.2) is 0 Å². The number of hydrogen-bond donors (Lipinski definition) is 1. The summed E-state index contributed by atoms with van der Waals surface area (Å²) >= 11 is 0. The van der Waals surface area contributed by atoms with Gasteiger partial charge in [0.25, 0.3) is 0 Å². The van der Waals surface area contributed by atoms with Crippen molar-refractivity contribution >= 4 is 12.4 Å². The zero-order valence-corrected chi connectivity index (χ0v) is 10.9. The number of nitrogens with zero attached hydrogens (tertiary/aromatic N) is 1. The SMILES string of the molecule is CC1CCCCC1N1CCN[C@@H](C)C1.Cl. The molecule has 0 spiro atoms. The maximum atomic E-state index is 3.52. The lowest BCUT2D eigenvalue weighted by Crippen LogP contribution is -2.54. The van der Waals surface area contributed by atoms with Crippen LogP contribution >= 0.6 is 12.4 Å². The first-order valence-electron chi connectivity index (χ1n) is 6.25. The first-order valence-corrected chi connectivity index (χ1v) is 6.25. The van der Waals surface area contributed by atoms with Crippen LogP contribution in [0, 0.1) is 5.92 Å². The summed E-state index contributed by atoms with van der Waals surface area (Å²) in [5.41, 5.74) is 0. The third-order valence-corrected chi connectivity index (χ3v) is 3.94. The van der Waals surface area contributed by atoms with Gasteiger partial charge in [0.05, 0.1) is 0 Å². The quantitative estimate of drug-likeness (QED) is 0.747. The normalized spacial score (nSPS) is 38.4. The fourth-order valence-corrected chi connectivity index (χ4v) is 3.10. The smallest absolute Gasteiger partial charge is 0.0167 e. The highest BCUT2D eigenvalue weighted by atomic mass is 35.5. The van der Waals surface area contributed by atoms with Crippen molar-refractivity contribution < 1.29 is 0 Å². The van der Waals surface area contributed by atoms with Crippen molar-refractivity contribution in [3.05, 3.63) is 0 Å². The first-order chi connectivity index (χ1) is 6.77. The molecule has 3 atom stereocenters. The summed E-state index contributed by atoms with van der Waals surface area (Å²) in [5, 5.41) is 3.52. The molecule has 0 aromatic rings. The Morgan fingerprint density at radius 3 is 2.53 bits per heavy atom. The molecule has 15 heavy (non-hydrogen) atoms. The summed E-state index contributed by atoms with van der Waals surface area (Å²) in [6, 6.07) is 1.58. The zero-order chi connectivity index (χ0) is 9.97. The third-order valence-electron chi connectivity index (χ3n) is 3.94. The van der Waals surface area contributed by atoms with E-state index in [-0.39, 0.29) is 12.4 Å². The van der Waals surface area contributed by atoms with Gasteiger partial charge in [0, 0.05) is 31.7 Å². The van der Waals surface area contributed by atoms with Gasteiger partial charge in [-0.1, -0.05) is 19.8 Å². The van der Waals surface area contributed by atoms with E-state index in [1.807, 2.05) is 0 Å². The highest BCUT2D eigenvalue weighted by molar-refractivity contribution is 5.85. The van der Waals surface area contributed by atoms with E-state index in [9.17, 15) is 0 Å². The van der Waals surface area contributed by atoms with E-state index in [4.69, 9.17) is 0 Å². The molecule has 1 N–H and O–H groups in total. The predicted octanol–water partition coefficient (Wildman–Crippen LogP) is 2.28. The van der Waals surface area contributed by atoms with Gasteiger partial charge >= 0.3 is 0 Å². The van der Waals surface area contributed by atoms with Crippen LogP contribution in [0.3, 0.4) is 0 Å². The van der Waals surface area contributed by atoms with E-state index in [1.165, 1.54) is 45.3 Å². The number of halogens is 1. The Hall–Kier alpha value is 0.210. The average molecular weight is 233 g/mol. The topological polar surface area (TPSA) is 15.3 Å². The molecule has 0 radical (unpaired) electrons. The third kappa shape index (κ3) is 3.33. The van der Waals surface area contributed by atoms with Gasteiger partial charge in [-0.15, -0.1) is 12.4 Å². The van der Waals surface area contributed by atoms with Crippen molar-refractivity contribution in [1.82, 2.24) is 10.2 Å². The molecule has 2 fully saturated rings. The van der Waals surface area contributed by atoms with Gasteiger partial charge in [0.1, 0.15) is 0 Å². The Kier molecular flexibility index (Phi) is 5.37. The van der Waals surface area contributed by atoms with Gasteiger partial charge in [-0.3, -0.25) is 4.90 Å². The van der Waals surface area contributed by atoms with Crippen molar-refractivity contribution in [3.63, 3.8) is 0 Å². The molecule has 2 rings (SSSR count). The van der Waals surface area contributed by atoms with Gasteiger partial charge in [0.15, 0.2) is 0 Å². The number of piperazine rings is 1. The summed E-state index contributed by atoms with van der Waals surface area (Å²) in [4.78, 5) is 2.73. The van der Waals surface area contributed by atoms with Crippen molar-refractivity contribution in [3.8, 4) is 0 Å². The van der Waals surface area contributed by atoms with Crippen LogP contribution in [0.4, 0.5) is 0 Å². The Bertz CT molecular complexity index is 186. The molecule has 2 unspecified atom stereocenters. The predicted molar refractivity (Wildman–Crippen MR) is 67.7 cm³/mol. The number of hydrogen-bond acceptors (Lipinski definition) is 2. The molecule has 90 valence electrons. The summed E-state index contributed by atoms with van der Waals surface area (Å²) in [5.74, 6) is 0.925. The highest BCUT2D eigenvalue weighted by Gasteiger charge is 2.29. The molecule has 0 amide bonds. The van der Waals surface area contributed by atoms with Gasteiger partial charge in [-0.25, -0.2) is 0 Å². The molecule has 1 heterocycles. The lowest BCUT2D eigenvalue weighted by atomic mass is 9.84. The van der Waals surface area contributed by atoms with Gasteiger partial charge in [0.2, 0.25) is 0 Å².